The molecule has 0 heterocycles. The van der Waals surface area contributed by atoms with E-state index in [4.69, 9.17) is 5.73 Å². The zero-order valence-electron chi connectivity index (χ0n) is 20.8. The quantitative estimate of drug-likeness (QED) is 0.426. The lowest BCUT2D eigenvalue weighted by Gasteiger charge is -2.37. The lowest BCUT2D eigenvalue weighted by Crippen LogP contribution is -2.56. The number of likely N-dealkylation sites (N-methyl/N-ethyl adjacent to an activating group) is 3. The van der Waals surface area contributed by atoms with Crippen molar-refractivity contribution in [1.29, 1.82) is 0 Å². The average Bonchev–Trinajstić information content (AvgIpc) is 2.78. The molecule has 0 spiro atoms. The van der Waals surface area contributed by atoms with Crippen molar-refractivity contribution in [2.45, 2.75) is 56.7 Å². The van der Waals surface area contributed by atoms with Gasteiger partial charge in [-0.05, 0) is 44.2 Å². The number of carbonyl (C=O) groups excluding carboxylic acids is 3. The number of benzene rings is 1. The van der Waals surface area contributed by atoms with E-state index in [1.165, 1.54) is 20.9 Å². The fraction of sp³-hybridized carbons (Fsp3) is 0.560. The highest BCUT2D eigenvalue weighted by Crippen LogP contribution is 2.32. The summed E-state index contributed by atoms with van der Waals surface area (Å²) in [6, 6.07) is 8.17. The van der Waals surface area contributed by atoms with Crippen molar-refractivity contribution in [3.63, 3.8) is 0 Å². The molecule has 0 aliphatic heterocycles. The van der Waals surface area contributed by atoms with Crippen molar-refractivity contribution < 1.29 is 14.4 Å². The summed E-state index contributed by atoms with van der Waals surface area (Å²) in [6.45, 7) is 1.68. The van der Waals surface area contributed by atoms with E-state index in [9.17, 15) is 14.4 Å². The summed E-state index contributed by atoms with van der Waals surface area (Å²) in [4.78, 5) is 42.0. The third-order valence-corrected chi connectivity index (χ3v) is 6.71. The fourth-order valence-electron chi connectivity index (χ4n) is 3.79. The molecular weight excluding hydrogens is 418 g/mol. The molecule has 0 radical (unpaired) electrons. The van der Waals surface area contributed by atoms with E-state index < -0.39 is 12.1 Å². The summed E-state index contributed by atoms with van der Waals surface area (Å²) in [6.07, 6.45) is 7.39. The highest BCUT2D eigenvalue weighted by molar-refractivity contribution is 5.94. The van der Waals surface area contributed by atoms with Crippen molar-refractivity contribution in [2.24, 2.45) is 5.73 Å². The van der Waals surface area contributed by atoms with Gasteiger partial charge in [0.15, 0.2) is 0 Å². The van der Waals surface area contributed by atoms with Gasteiger partial charge in [-0.25, -0.2) is 5.01 Å². The Bertz CT molecular complexity index is 851. The number of nitrogens with zero attached hydrogens (tertiary/aromatic N) is 4. The summed E-state index contributed by atoms with van der Waals surface area (Å²) >= 11 is 0. The van der Waals surface area contributed by atoms with E-state index in [1.54, 1.807) is 53.2 Å². The molecule has 1 saturated carbocycles. The molecule has 0 bridgehead atoms. The molecular formula is C25H39N5O3. The number of rotatable bonds is 10. The number of hydrogen-bond donors (Lipinski definition) is 1. The maximum Gasteiger partial charge on any atom is 0.259 e. The third kappa shape index (κ3) is 6.88. The van der Waals surface area contributed by atoms with Crippen LogP contribution in [0.15, 0.2) is 42.5 Å². The van der Waals surface area contributed by atoms with E-state index in [0.29, 0.717) is 12.8 Å². The molecule has 8 heteroatoms. The minimum atomic E-state index is -0.724. The van der Waals surface area contributed by atoms with E-state index in [-0.39, 0.29) is 23.3 Å². The van der Waals surface area contributed by atoms with Crippen LogP contribution >= 0.6 is 0 Å². The van der Waals surface area contributed by atoms with Crippen LogP contribution in [-0.4, -0.2) is 90.4 Å². The molecule has 1 unspecified atom stereocenters. The van der Waals surface area contributed by atoms with Gasteiger partial charge in [0, 0.05) is 47.2 Å². The van der Waals surface area contributed by atoms with Crippen LogP contribution in [0.2, 0.25) is 0 Å². The van der Waals surface area contributed by atoms with Crippen molar-refractivity contribution in [2.75, 3.05) is 35.2 Å². The molecule has 0 saturated heterocycles. The van der Waals surface area contributed by atoms with Crippen LogP contribution in [0.25, 0.3) is 0 Å². The molecule has 1 aliphatic rings. The standard InChI is InChI=1S/C25H39N5O3/c1-19(28(4)22(31)14-10-15-25(26)16-11-17-25)23(32)29(5)21(24(33)30(6)27(2)3)18-20-12-8-7-9-13-20/h7-10,12-14,19,21H,11,15-18,26H2,1-6H3/b14-10+/t19-,21?/m1/s1. The second kappa shape index (κ2) is 11.4. The van der Waals surface area contributed by atoms with E-state index in [0.717, 1.165) is 24.8 Å². The molecule has 2 atom stereocenters. The van der Waals surface area contributed by atoms with Crippen molar-refractivity contribution >= 4 is 17.7 Å². The van der Waals surface area contributed by atoms with Gasteiger partial charge in [-0.3, -0.25) is 19.4 Å². The zero-order valence-corrected chi connectivity index (χ0v) is 20.8. The predicted octanol–water partition coefficient (Wildman–Crippen LogP) is 1.67. The minimum absolute atomic E-state index is 0.194. The molecule has 2 N–H and O–H groups in total. The Morgan fingerprint density at radius 3 is 2.12 bits per heavy atom. The summed E-state index contributed by atoms with van der Waals surface area (Å²) in [5.41, 5.74) is 6.97. The van der Waals surface area contributed by atoms with Crippen LogP contribution in [0.1, 0.15) is 38.2 Å². The molecule has 182 valence electrons. The van der Waals surface area contributed by atoms with Crippen LogP contribution in [-0.2, 0) is 20.8 Å². The Morgan fingerprint density at radius 1 is 1.00 bits per heavy atom. The van der Waals surface area contributed by atoms with Gasteiger partial charge in [0.2, 0.25) is 11.8 Å². The highest BCUT2D eigenvalue weighted by atomic mass is 16.2. The maximum absolute atomic E-state index is 13.3. The summed E-state index contributed by atoms with van der Waals surface area (Å²) < 4.78 is 0. The molecule has 8 nitrogen and oxygen atoms in total. The van der Waals surface area contributed by atoms with Crippen LogP contribution in [0.4, 0.5) is 0 Å². The monoisotopic (exact) mass is 457 g/mol. The Kier molecular flexibility index (Phi) is 9.19. The summed E-state index contributed by atoms with van der Waals surface area (Å²) in [5, 5.41) is 3.16. The minimum Gasteiger partial charge on any atom is -0.332 e. The first-order valence-electron chi connectivity index (χ1n) is 11.4. The Hall–Kier alpha value is -2.71. The van der Waals surface area contributed by atoms with Gasteiger partial charge < -0.3 is 15.5 Å². The van der Waals surface area contributed by atoms with Gasteiger partial charge in [0.05, 0.1) is 0 Å². The topological polar surface area (TPSA) is 90.2 Å². The van der Waals surface area contributed by atoms with Gasteiger partial charge in [0.25, 0.3) is 5.91 Å². The van der Waals surface area contributed by atoms with Crippen LogP contribution in [0.3, 0.4) is 0 Å². The molecule has 33 heavy (non-hydrogen) atoms. The smallest absolute Gasteiger partial charge is 0.259 e. The summed E-state index contributed by atoms with van der Waals surface area (Å²) in [5.74, 6) is -0.756. The van der Waals surface area contributed by atoms with E-state index >= 15 is 0 Å². The lowest BCUT2D eigenvalue weighted by molar-refractivity contribution is -0.154. The van der Waals surface area contributed by atoms with Gasteiger partial charge in [-0.2, -0.15) is 0 Å². The van der Waals surface area contributed by atoms with Crippen molar-refractivity contribution in [1.82, 2.24) is 19.8 Å². The van der Waals surface area contributed by atoms with Crippen molar-refractivity contribution in [3.05, 3.63) is 48.0 Å². The van der Waals surface area contributed by atoms with Gasteiger partial charge in [-0.15, -0.1) is 0 Å². The van der Waals surface area contributed by atoms with Crippen LogP contribution in [0, 0.1) is 0 Å². The normalized spacial score (nSPS) is 16.7. The van der Waals surface area contributed by atoms with Gasteiger partial charge in [0.1, 0.15) is 12.1 Å². The third-order valence-electron chi connectivity index (χ3n) is 6.71. The first-order valence-corrected chi connectivity index (χ1v) is 11.4. The zero-order chi connectivity index (χ0) is 24.8. The second-order valence-corrected chi connectivity index (χ2v) is 9.31. The largest absolute Gasteiger partial charge is 0.332 e. The number of hydrogen-bond acceptors (Lipinski definition) is 5. The second-order valence-electron chi connectivity index (χ2n) is 9.31. The molecule has 1 aromatic rings. The lowest BCUT2D eigenvalue weighted by atomic mass is 9.75. The van der Waals surface area contributed by atoms with E-state index in [2.05, 4.69) is 0 Å². The molecule has 1 aromatic carbocycles. The van der Waals surface area contributed by atoms with Crippen LogP contribution in [0.5, 0.6) is 0 Å². The van der Waals surface area contributed by atoms with Gasteiger partial charge >= 0.3 is 0 Å². The number of carbonyl (C=O) groups is 3. The van der Waals surface area contributed by atoms with Gasteiger partial charge in [-0.1, -0.05) is 36.4 Å². The fourth-order valence-corrected chi connectivity index (χ4v) is 3.79. The molecule has 3 amide bonds. The summed E-state index contributed by atoms with van der Waals surface area (Å²) in [7, 11) is 8.45. The van der Waals surface area contributed by atoms with Crippen molar-refractivity contribution in [3.8, 4) is 0 Å². The molecule has 1 fully saturated rings. The predicted molar refractivity (Wildman–Crippen MR) is 130 cm³/mol. The average molecular weight is 458 g/mol. The Labute approximate surface area is 198 Å². The molecule has 2 rings (SSSR count). The van der Waals surface area contributed by atoms with E-state index in [1.807, 2.05) is 30.3 Å². The molecule has 0 aromatic heterocycles. The SMILES string of the molecule is C[C@H](C(=O)N(C)C(Cc1ccccc1)C(=O)N(C)N(C)C)N(C)C(=O)/C=C/CC1(N)CCC1. The first kappa shape index (κ1) is 26.5. The number of hydrazine groups is 1. The highest BCUT2D eigenvalue weighted by Gasteiger charge is 2.34. The molecule has 1 aliphatic carbocycles. The maximum atomic E-state index is 13.3. The Balaban J connectivity index is 2.11. The van der Waals surface area contributed by atoms with Crippen LogP contribution < -0.4 is 5.73 Å². The Morgan fingerprint density at radius 2 is 1.61 bits per heavy atom. The first-order chi connectivity index (χ1) is 15.5. The number of amides is 3. The number of nitrogens with two attached hydrogens (primary N) is 1.